The summed E-state index contributed by atoms with van der Waals surface area (Å²) in [4.78, 5) is 24.7. The van der Waals surface area contributed by atoms with E-state index in [1.807, 2.05) is 0 Å². The molecule has 0 spiro atoms. The van der Waals surface area contributed by atoms with Gasteiger partial charge in [-0.2, -0.15) is 0 Å². The first-order valence-corrected chi connectivity index (χ1v) is 9.75. The summed E-state index contributed by atoms with van der Waals surface area (Å²) in [7, 11) is 0. The number of hydrogen-bond donors (Lipinski definition) is 1. The molecule has 2 aliphatic rings. The Morgan fingerprint density at radius 2 is 1.89 bits per heavy atom. The quantitative estimate of drug-likeness (QED) is 0.801. The molecular weight excluding hydrogens is 364 g/mol. The zero-order valence-electron chi connectivity index (χ0n) is 15.1. The number of halogens is 1. The van der Waals surface area contributed by atoms with E-state index in [9.17, 15) is 9.90 Å². The summed E-state index contributed by atoms with van der Waals surface area (Å²) in [5, 5.41) is 11.0. The van der Waals surface area contributed by atoms with Crippen LogP contribution in [0.25, 0.3) is 0 Å². The first-order chi connectivity index (χ1) is 13.1. The minimum Gasteiger partial charge on any atom is -0.391 e. The molecule has 3 heterocycles. The van der Waals surface area contributed by atoms with Gasteiger partial charge in [0.2, 0.25) is 0 Å². The van der Waals surface area contributed by atoms with Crippen molar-refractivity contribution in [2.75, 3.05) is 19.6 Å². The normalized spacial score (nSPS) is 23.6. The number of carbonyl (C=O) groups is 1. The SMILES string of the molecule is O=C(c1cc(Cl)ncn1)N1CC[C@H](O)[C@@H](N2CCc3ccccc3C2)CC1. The molecule has 1 aromatic heterocycles. The van der Waals surface area contributed by atoms with E-state index in [2.05, 4.69) is 39.1 Å². The number of fused-ring (bicyclic) bond motifs is 1. The van der Waals surface area contributed by atoms with E-state index in [4.69, 9.17) is 11.6 Å². The van der Waals surface area contributed by atoms with Crippen molar-refractivity contribution in [2.45, 2.75) is 38.0 Å². The van der Waals surface area contributed by atoms with Gasteiger partial charge in [-0.25, -0.2) is 9.97 Å². The van der Waals surface area contributed by atoms with Gasteiger partial charge >= 0.3 is 0 Å². The van der Waals surface area contributed by atoms with E-state index >= 15 is 0 Å². The van der Waals surface area contributed by atoms with Crippen molar-refractivity contribution in [3.8, 4) is 0 Å². The number of rotatable bonds is 2. The summed E-state index contributed by atoms with van der Waals surface area (Å²) < 4.78 is 0. The highest BCUT2D eigenvalue weighted by Gasteiger charge is 2.33. The summed E-state index contributed by atoms with van der Waals surface area (Å²) in [6, 6.07) is 10.1. The Hall–Kier alpha value is -2.02. The molecule has 2 aromatic rings. The fraction of sp³-hybridized carbons (Fsp3) is 0.450. The van der Waals surface area contributed by atoms with Crippen LogP contribution in [0.15, 0.2) is 36.7 Å². The predicted molar refractivity (Wildman–Crippen MR) is 103 cm³/mol. The molecule has 1 saturated heterocycles. The minimum absolute atomic E-state index is 0.0603. The van der Waals surface area contributed by atoms with Crippen molar-refractivity contribution in [1.29, 1.82) is 0 Å². The molecule has 2 atom stereocenters. The molecule has 1 aromatic carbocycles. The van der Waals surface area contributed by atoms with Crippen molar-refractivity contribution in [3.63, 3.8) is 0 Å². The van der Waals surface area contributed by atoms with Crippen molar-refractivity contribution >= 4 is 17.5 Å². The van der Waals surface area contributed by atoms with Gasteiger partial charge in [0.15, 0.2) is 0 Å². The fourth-order valence-corrected chi connectivity index (χ4v) is 4.26. The van der Waals surface area contributed by atoms with Gasteiger partial charge in [0.05, 0.1) is 6.10 Å². The third kappa shape index (κ3) is 3.98. The van der Waals surface area contributed by atoms with E-state index in [-0.39, 0.29) is 17.1 Å². The lowest BCUT2D eigenvalue weighted by atomic mass is 9.96. The number of carbonyl (C=O) groups excluding carboxylic acids is 1. The molecule has 142 valence electrons. The fourth-order valence-electron chi connectivity index (χ4n) is 4.11. The molecule has 27 heavy (non-hydrogen) atoms. The third-order valence-electron chi connectivity index (χ3n) is 5.60. The summed E-state index contributed by atoms with van der Waals surface area (Å²) in [6.07, 6.45) is 3.17. The number of benzene rings is 1. The third-order valence-corrected chi connectivity index (χ3v) is 5.81. The number of hydrogen-bond acceptors (Lipinski definition) is 5. The molecule has 2 aliphatic heterocycles. The number of aromatic nitrogens is 2. The van der Waals surface area contributed by atoms with E-state index in [1.165, 1.54) is 23.5 Å². The number of aliphatic hydroxyl groups excluding tert-OH is 1. The lowest BCUT2D eigenvalue weighted by molar-refractivity contribution is 0.0394. The maximum absolute atomic E-state index is 12.7. The topological polar surface area (TPSA) is 69.6 Å². The summed E-state index contributed by atoms with van der Waals surface area (Å²) in [6.45, 7) is 2.91. The van der Waals surface area contributed by atoms with Crippen LogP contribution in [-0.2, 0) is 13.0 Å². The van der Waals surface area contributed by atoms with Crippen LogP contribution in [-0.4, -0.2) is 62.6 Å². The molecule has 7 heteroatoms. The van der Waals surface area contributed by atoms with Crippen molar-refractivity contribution in [1.82, 2.24) is 19.8 Å². The summed E-state index contributed by atoms with van der Waals surface area (Å²) in [5.74, 6) is -0.156. The molecule has 0 saturated carbocycles. The van der Waals surface area contributed by atoms with Crippen LogP contribution in [0.3, 0.4) is 0 Å². The minimum atomic E-state index is -0.443. The van der Waals surface area contributed by atoms with E-state index < -0.39 is 6.10 Å². The van der Waals surface area contributed by atoms with Crippen LogP contribution in [0.4, 0.5) is 0 Å². The summed E-state index contributed by atoms with van der Waals surface area (Å²) in [5.41, 5.74) is 3.04. The second-order valence-electron chi connectivity index (χ2n) is 7.22. The second-order valence-corrected chi connectivity index (χ2v) is 7.61. The van der Waals surface area contributed by atoms with Gasteiger partial charge in [0.1, 0.15) is 17.2 Å². The maximum atomic E-state index is 12.7. The zero-order valence-corrected chi connectivity index (χ0v) is 15.8. The van der Waals surface area contributed by atoms with Gasteiger partial charge in [-0.3, -0.25) is 9.69 Å². The molecule has 4 rings (SSSR count). The average molecular weight is 387 g/mol. The Balaban J connectivity index is 1.45. The lowest BCUT2D eigenvalue weighted by Gasteiger charge is -2.37. The number of nitrogens with zero attached hydrogens (tertiary/aromatic N) is 4. The van der Waals surface area contributed by atoms with Crippen LogP contribution in [0.2, 0.25) is 5.15 Å². The first-order valence-electron chi connectivity index (χ1n) is 9.37. The second kappa shape index (κ2) is 7.92. The first kappa shape index (κ1) is 18.3. The number of amides is 1. The van der Waals surface area contributed by atoms with Gasteiger partial charge in [-0.05, 0) is 30.4 Å². The van der Waals surface area contributed by atoms with Crippen LogP contribution in [0.1, 0.15) is 34.5 Å². The van der Waals surface area contributed by atoms with Crippen molar-refractivity contribution in [3.05, 3.63) is 58.6 Å². The monoisotopic (exact) mass is 386 g/mol. The molecular formula is C20H23ClN4O2. The maximum Gasteiger partial charge on any atom is 0.272 e. The average Bonchev–Trinajstić information content (AvgIpc) is 2.89. The van der Waals surface area contributed by atoms with Crippen molar-refractivity contribution < 1.29 is 9.90 Å². The highest BCUT2D eigenvalue weighted by Crippen LogP contribution is 2.25. The van der Waals surface area contributed by atoms with E-state index in [0.717, 1.165) is 25.9 Å². The molecule has 0 aliphatic carbocycles. The summed E-state index contributed by atoms with van der Waals surface area (Å²) >= 11 is 5.88. The predicted octanol–water partition coefficient (Wildman–Crippen LogP) is 2.15. The molecule has 1 amide bonds. The Morgan fingerprint density at radius 3 is 2.70 bits per heavy atom. The van der Waals surface area contributed by atoms with E-state index in [0.29, 0.717) is 25.2 Å². The van der Waals surface area contributed by atoms with Crippen LogP contribution < -0.4 is 0 Å². The molecule has 0 radical (unpaired) electrons. The van der Waals surface area contributed by atoms with Crippen LogP contribution in [0.5, 0.6) is 0 Å². The molecule has 6 nitrogen and oxygen atoms in total. The van der Waals surface area contributed by atoms with Gasteiger partial charge in [0.25, 0.3) is 5.91 Å². The highest BCUT2D eigenvalue weighted by atomic mass is 35.5. The van der Waals surface area contributed by atoms with Gasteiger partial charge in [0, 0.05) is 38.3 Å². The molecule has 1 fully saturated rings. The number of aliphatic hydroxyl groups is 1. The largest absolute Gasteiger partial charge is 0.391 e. The molecule has 0 unspecified atom stereocenters. The lowest BCUT2D eigenvalue weighted by Crippen LogP contribution is -2.46. The van der Waals surface area contributed by atoms with Gasteiger partial charge < -0.3 is 10.0 Å². The van der Waals surface area contributed by atoms with E-state index in [1.54, 1.807) is 4.90 Å². The Bertz CT molecular complexity index is 831. The van der Waals surface area contributed by atoms with Gasteiger partial charge in [-0.15, -0.1) is 0 Å². The Morgan fingerprint density at radius 1 is 1.11 bits per heavy atom. The number of likely N-dealkylation sites (tertiary alicyclic amines) is 1. The molecule has 1 N–H and O–H groups in total. The Kier molecular flexibility index (Phi) is 5.38. The van der Waals surface area contributed by atoms with Crippen LogP contribution >= 0.6 is 11.6 Å². The molecule has 0 bridgehead atoms. The van der Waals surface area contributed by atoms with Gasteiger partial charge in [-0.1, -0.05) is 35.9 Å². The zero-order chi connectivity index (χ0) is 18.8. The standard InChI is InChI=1S/C20H23ClN4O2/c21-19-11-16(22-13-23-19)20(27)24-9-6-17(18(26)7-10-24)25-8-5-14-3-1-2-4-15(14)12-25/h1-4,11,13,17-18,26H,5-10,12H2/t17-,18-/m0/s1. The smallest absolute Gasteiger partial charge is 0.272 e. The Labute approximate surface area is 163 Å². The van der Waals surface area contributed by atoms with Crippen LogP contribution in [0, 0.1) is 0 Å². The highest BCUT2D eigenvalue weighted by molar-refractivity contribution is 6.29. The van der Waals surface area contributed by atoms with Crippen molar-refractivity contribution in [2.24, 2.45) is 0 Å².